The zero-order chi connectivity index (χ0) is 13.4. The predicted molar refractivity (Wildman–Crippen MR) is 72.8 cm³/mol. The van der Waals surface area contributed by atoms with Gasteiger partial charge in [0.2, 0.25) is 0 Å². The molecule has 0 saturated carbocycles. The fraction of sp³-hybridized carbons (Fsp3) is 0.286. The van der Waals surface area contributed by atoms with Gasteiger partial charge in [0, 0.05) is 10.4 Å². The quantitative estimate of drug-likeness (QED) is 0.935. The fourth-order valence-corrected chi connectivity index (χ4v) is 3.47. The summed E-state index contributed by atoms with van der Waals surface area (Å²) in [7, 11) is 1.63. The van der Waals surface area contributed by atoms with Gasteiger partial charge in [-0.1, -0.05) is 0 Å². The molecule has 1 aromatic carbocycles. The number of fused-ring (bicyclic) bond motifs is 1. The summed E-state index contributed by atoms with van der Waals surface area (Å²) < 4.78 is 5.12. The number of carboxylic acids is 1. The van der Waals surface area contributed by atoms with Crippen LogP contribution in [0.4, 0.5) is 0 Å². The number of aliphatic carboxylic acids is 1. The van der Waals surface area contributed by atoms with Crippen molar-refractivity contribution in [2.24, 2.45) is 0 Å². The second kappa shape index (κ2) is 4.66. The van der Waals surface area contributed by atoms with Crippen LogP contribution in [0.5, 0.6) is 5.75 Å². The van der Waals surface area contributed by atoms with Crippen molar-refractivity contribution >= 4 is 17.3 Å². The number of aryl methyl sites for hydroxylation is 1. The highest BCUT2D eigenvalue weighted by Gasteiger charge is 2.32. The molecule has 0 radical (unpaired) electrons. The van der Waals surface area contributed by atoms with Crippen LogP contribution in [0, 0.1) is 0 Å². The lowest BCUT2D eigenvalue weighted by Crippen LogP contribution is -2.08. The highest BCUT2D eigenvalue weighted by Crippen LogP contribution is 2.39. The van der Waals surface area contributed by atoms with Gasteiger partial charge in [0.1, 0.15) is 16.7 Å². The van der Waals surface area contributed by atoms with Crippen molar-refractivity contribution in [1.29, 1.82) is 0 Å². The lowest BCUT2D eigenvalue weighted by atomic mass is 10.1. The smallest absolute Gasteiger partial charge is 0.312 e. The Morgan fingerprint density at radius 1 is 1.42 bits per heavy atom. The van der Waals surface area contributed by atoms with E-state index in [1.165, 1.54) is 0 Å². The minimum absolute atomic E-state index is 0.432. The molecular weight excluding hydrogens is 262 g/mol. The fourth-order valence-electron chi connectivity index (χ4n) is 2.32. The maximum Gasteiger partial charge on any atom is 0.312 e. The summed E-state index contributed by atoms with van der Waals surface area (Å²) in [6, 6.07) is 7.66. The molecule has 3 rings (SSSR count). The number of hydrogen-bond acceptors (Lipinski definition) is 4. The van der Waals surface area contributed by atoms with E-state index in [-0.39, 0.29) is 0 Å². The summed E-state index contributed by atoms with van der Waals surface area (Å²) >= 11 is 1.59. The molecule has 1 aromatic heterocycles. The maximum absolute atomic E-state index is 11.1. The molecule has 0 bridgehead atoms. The van der Waals surface area contributed by atoms with Crippen molar-refractivity contribution in [3.63, 3.8) is 0 Å². The summed E-state index contributed by atoms with van der Waals surface area (Å²) in [5.74, 6) is -0.403. The van der Waals surface area contributed by atoms with Gasteiger partial charge in [0.25, 0.3) is 0 Å². The van der Waals surface area contributed by atoms with E-state index in [0.29, 0.717) is 6.42 Å². The van der Waals surface area contributed by atoms with Crippen molar-refractivity contribution < 1.29 is 14.6 Å². The number of hydrogen-bond donors (Lipinski definition) is 1. The van der Waals surface area contributed by atoms with E-state index in [1.54, 1.807) is 18.4 Å². The molecule has 1 N–H and O–H groups in total. The zero-order valence-electron chi connectivity index (χ0n) is 10.4. The Morgan fingerprint density at radius 3 is 2.79 bits per heavy atom. The van der Waals surface area contributed by atoms with Crippen molar-refractivity contribution in [2.75, 3.05) is 7.11 Å². The SMILES string of the molecule is COc1ccc(-c2nc3c(s2)CCC3C(=O)O)cc1. The molecule has 2 aromatic rings. The molecule has 0 spiro atoms. The summed E-state index contributed by atoms with van der Waals surface area (Å²) in [4.78, 5) is 16.8. The third kappa shape index (κ3) is 2.10. The van der Waals surface area contributed by atoms with Gasteiger partial charge in [-0.15, -0.1) is 11.3 Å². The van der Waals surface area contributed by atoms with E-state index in [9.17, 15) is 4.79 Å². The molecular formula is C14H13NO3S. The molecule has 19 heavy (non-hydrogen) atoms. The number of nitrogens with zero attached hydrogens (tertiary/aromatic N) is 1. The molecule has 1 heterocycles. The molecule has 0 fully saturated rings. The minimum atomic E-state index is -0.773. The van der Waals surface area contributed by atoms with Crippen LogP contribution in [0.25, 0.3) is 10.6 Å². The number of aromatic nitrogens is 1. The van der Waals surface area contributed by atoms with Gasteiger partial charge in [-0.25, -0.2) is 4.98 Å². The minimum Gasteiger partial charge on any atom is -0.497 e. The highest BCUT2D eigenvalue weighted by atomic mass is 32.1. The number of carboxylic acid groups (broad SMARTS) is 1. The van der Waals surface area contributed by atoms with Crippen molar-refractivity contribution in [2.45, 2.75) is 18.8 Å². The number of benzene rings is 1. The molecule has 1 aliphatic rings. The molecule has 1 aliphatic carbocycles. The van der Waals surface area contributed by atoms with Crippen LogP contribution in [0.3, 0.4) is 0 Å². The average Bonchev–Trinajstić information content (AvgIpc) is 2.98. The summed E-state index contributed by atoms with van der Waals surface area (Å²) in [5, 5.41) is 10.0. The number of ether oxygens (including phenoxy) is 1. The number of rotatable bonds is 3. The second-order valence-electron chi connectivity index (χ2n) is 4.49. The van der Waals surface area contributed by atoms with E-state index in [1.807, 2.05) is 24.3 Å². The molecule has 98 valence electrons. The zero-order valence-corrected chi connectivity index (χ0v) is 11.2. The van der Waals surface area contributed by atoms with Gasteiger partial charge in [-0.3, -0.25) is 4.79 Å². The third-order valence-corrected chi connectivity index (χ3v) is 4.53. The molecule has 0 amide bonds. The van der Waals surface area contributed by atoms with Crippen LogP contribution in [-0.4, -0.2) is 23.2 Å². The van der Waals surface area contributed by atoms with Gasteiger partial charge in [-0.2, -0.15) is 0 Å². The normalized spacial score (nSPS) is 17.2. The Morgan fingerprint density at radius 2 is 2.16 bits per heavy atom. The van der Waals surface area contributed by atoms with Crippen LogP contribution in [0.2, 0.25) is 0 Å². The molecule has 1 unspecified atom stereocenters. The van der Waals surface area contributed by atoms with Gasteiger partial charge >= 0.3 is 5.97 Å². The van der Waals surface area contributed by atoms with Gasteiger partial charge in [0.05, 0.1) is 12.8 Å². The first kappa shape index (κ1) is 12.2. The molecule has 0 aliphatic heterocycles. The lowest BCUT2D eigenvalue weighted by Gasteiger charge is -2.02. The van der Waals surface area contributed by atoms with E-state index < -0.39 is 11.9 Å². The first-order valence-electron chi connectivity index (χ1n) is 6.06. The maximum atomic E-state index is 11.1. The summed E-state index contributed by atoms with van der Waals surface area (Å²) in [6.07, 6.45) is 1.49. The highest BCUT2D eigenvalue weighted by molar-refractivity contribution is 7.15. The first-order valence-corrected chi connectivity index (χ1v) is 6.87. The van der Waals surface area contributed by atoms with Crippen molar-refractivity contribution in [3.05, 3.63) is 34.8 Å². The predicted octanol–water partition coefficient (Wildman–Crippen LogP) is 2.93. The van der Waals surface area contributed by atoms with Crippen LogP contribution < -0.4 is 4.74 Å². The summed E-state index contributed by atoms with van der Waals surface area (Å²) in [5.41, 5.74) is 1.76. The van der Waals surface area contributed by atoms with E-state index in [0.717, 1.165) is 33.3 Å². The topological polar surface area (TPSA) is 59.4 Å². The molecule has 1 atom stereocenters. The average molecular weight is 275 g/mol. The van der Waals surface area contributed by atoms with Crippen molar-refractivity contribution in [1.82, 2.24) is 4.98 Å². The van der Waals surface area contributed by atoms with Crippen LogP contribution >= 0.6 is 11.3 Å². The van der Waals surface area contributed by atoms with Crippen LogP contribution in [0.15, 0.2) is 24.3 Å². The first-order chi connectivity index (χ1) is 9.19. The van der Waals surface area contributed by atoms with Crippen molar-refractivity contribution in [3.8, 4) is 16.3 Å². The molecule has 5 heteroatoms. The Labute approximate surface area is 114 Å². The molecule has 4 nitrogen and oxygen atoms in total. The lowest BCUT2D eigenvalue weighted by molar-refractivity contribution is -0.138. The van der Waals surface area contributed by atoms with Gasteiger partial charge in [-0.05, 0) is 37.1 Å². The largest absolute Gasteiger partial charge is 0.497 e. The van der Waals surface area contributed by atoms with Crippen LogP contribution in [-0.2, 0) is 11.2 Å². The number of thiazole rings is 1. The van der Waals surface area contributed by atoms with E-state index in [2.05, 4.69) is 4.98 Å². The summed E-state index contributed by atoms with van der Waals surface area (Å²) in [6.45, 7) is 0. The number of carbonyl (C=O) groups is 1. The monoisotopic (exact) mass is 275 g/mol. The number of methoxy groups -OCH3 is 1. The van der Waals surface area contributed by atoms with E-state index >= 15 is 0 Å². The van der Waals surface area contributed by atoms with E-state index in [4.69, 9.17) is 9.84 Å². The van der Waals surface area contributed by atoms with Gasteiger partial charge in [0.15, 0.2) is 0 Å². The second-order valence-corrected chi connectivity index (χ2v) is 5.57. The Bertz CT molecular complexity index is 618. The Hall–Kier alpha value is -1.88. The standard InChI is InChI=1S/C14H13NO3S/c1-18-9-4-2-8(3-5-9)13-15-12-10(14(16)17)6-7-11(12)19-13/h2-5,10H,6-7H2,1H3,(H,16,17). The third-order valence-electron chi connectivity index (χ3n) is 3.35. The Balaban J connectivity index is 1.95. The van der Waals surface area contributed by atoms with Crippen LogP contribution in [0.1, 0.15) is 22.9 Å². The van der Waals surface area contributed by atoms with Gasteiger partial charge < -0.3 is 9.84 Å². The Kier molecular flexibility index (Phi) is 2.98. The molecule has 0 saturated heterocycles.